The third-order valence-electron chi connectivity index (χ3n) is 2.41. The van der Waals surface area contributed by atoms with Crippen molar-refractivity contribution in [3.63, 3.8) is 0 Å². The standard InChI is InChI=1S/C12H14Cl3P/c1-3-16(4-2)12(8-13)10-6-5-9(14)7-11(10)15/h5-8H,3-4H2,1-2H3/b12-8-. The second kappa shape index (κ2) is 6.87. The van der Waals surface area contributed by atoms with Crippen LogP contribution in [0.2, 0.25) is 10.0 Å². The van der Waals surface area contributed by atoms with E-state index in [0.29, 0.717) is 10.0 Å². The summed E-state index contributed by atoms with van der Waals surface area (Å²) in [5.74, 6) is 0. The van der Waals surface area contributed by atoms with Crippen molar-refractivity contribution in [3.05, 3.63) is 39.3 Å². The van der Waals surface area contributed by atoms with Crippen LogP contribution in [0.4, 0.5) is 0 Å². The Balaban J connectivity index is 3.14. The first-order valence-corrected chi connectivity index (χ1v) is 8.05. The Kier molecular flexibility index (Phi) is 6.15. The van der Waals surface area contributed by atoms with Gasteiger partial charge in [0, 0.05) is 21.1 Å². The summed E-state index contributed by atoms with van der Waals surface area (Å²) in [4.78, 5) is 0. The van der Waals surface area contributed by atoms with Gasteiger partial charge < -0.3 is 0 Å². The molecular weight excluding hydrogens is 281 g/mol. The van der Waals surface area contributed by atoms with Crippen LogP contribution in [0.5, 0.6) is 0 Å². The highest BCUT2D eigenvalue weighted by molar-refractivity contribution is 7.68. The summed E-state index contributed by atoms with van der Waals surface area (Å²) >= 11 is 18.0. The number of hydrogen-bond acceptors (Lipinski definition) is 0. The van der Waals surface area contributed by atoms with E-state index in [4.69, 9.17) is 34.8 Å². The smallest absolute Gasteiger partial charge is 0.0499 e. The summed E-state index contributed by atoms with van der Waals surface area (Å²) in [7, 11) is -0.220. The Morgan fingerprint density at radius 3 is 2.31 bits per heavy atom. The monoisotopic (exact) mass is 294 g/mol. The molecule has 0 unspecified atom stereocenters. The van der Waals surface area contributed by atoms with Crippen LogP contribution in [0.1, 0.15) is 19.4 Å². The first-order valence-electron chi connectivity index (χ1n) is 5.14. The molecule has 0 spiro atoms. The Morgan fingerprint density at radius 1 is 1.25 bits per heavy atom. The number of rotatable bonds is 4. The van der Waals surface area contributed by atoms with E-state index in [1.54, 1.807) is 11.6 Å². The van der Waals surface area contributed by atoms with E-state index < -0.39 is 0 Å². The Morgan fingerprint density at radius 2 is 1.88 bits per heavy atom. The molecule has 0 saturated heterocycles. The average molecular weight is 296 g/mol. The minimum atomic E-state index is -0.220. The largest absolute Gasteiger partial charge is 0.0922 e. The normalized spacial score (nSPS) is 12.2. The number of hydrogen-bond donors (Lipinski definition) is 0. The maximum atomic E-state index is 6.19. The van der Waals surface area contributed by atoms with Crippen LogP contribution in [0, 0.1) is 0 Å². The molecule has 0 saturated carbocycles. The quantitative estimate of drug-likeness (QED) is 0.593. The van der Waals surface area contributed by atoms with Gasteiger partial charge in [0.1, 0.15) is 0 Å². The van der Waals surface area contributed by atoms with Crippen LogP contribution >= 0.6 is 42.7 Å². The van der Waals surface area contributed by atoms with Crippen molar-refractivity contribution in [1.29, 1.82) is 0 Å². The predicted molar refractivity (Wildman–Crippen MR) is 78.3 cm³/mol. The molecular formula is C12H14Cl3P. The molecule has 0 nitrogen and oxygen atoms in total. The topological polar surface area (TPSA) is 0 Å². The van der Waals surface area contributed by atoms with E-state index in [2.05, 4.69) is 13.8 Å². The molecule has 0 heterocycles. The molecule has 0 aromatic heterocycles. The summed E-state index contributed by atoms with van der Waals surface area (Å²) < 4.78 is 0. The van der Waals surface area contributed by atoms with E-state index in [-0.39, 0.29) is 7.92 Å². The van der Waals surface area contributed by atoms with Crippen molar-refractivity contribution in [1.82, 2.24) is 0 Å². The highest BCUT2D eigenvalue weighted by Crippen LogP contribution is 2.51. The molecule has 0 aliphatic rings. The van der Waals surface area contributed by atoms with Gasteiger partial charge in [-0.2, -0.15) is 0 Å². The zero-order chi connectivity index (χ0) is 12.1. The SMILES string of the molecule is CCP(CC)/C(=C\Cl)c1ccc(Cl)cc1Cl. The zero-order valence-corrected chi connectivity index (χ0v) is 12.5. The molecule has 0 radical (unpaired) electrons. The van der Waals surface area contributed by atoms with Crippen LogP contribution in [0.3, 0.4) is 0 Å². The van der Waals surface area contributed by atoms with Gasteiger partial charge in [-0.15, -0.1) is 0 Å². The lowest BCUT2D eigenvalue weighted by molar-refractivity contribution is 1.42. The second-order valence-corrected chi connectivity index (χ2v) is 7.18. The fourth-order valence-corrected chi connectivity index (χ4v) is 4.47. The lowest BCUT2D eigenvalue weighted by Crippen LogP contribution is -1.89. The molecule has 0 aliphatic carbocycles. The van der Waals surface area contributed by atoms with Crippen molar-refractivity contribution < 1.29 is 0 Å². The van der Waals surface area contributed by atoms with Crippen molar-refractivity contribution in [2.45, 2.75) is 13.8 Å². The van der Waals surface area contributed by atoms with Gasteiger partial charge in [-0.25, -0.2) is 0 Å². The molecule has 88 valence electrons. The van der Waals surface area contributed by atoms with E-state index in [1.165, 1.54) is 0 Å². The fraction of sp³-hybridized carbons (Fsp3) is 0.333. The van der Waals surface area contributed by atoms with E-state index in [1.807, 2.05) is 12.1 Å². The summed E-state index contributed by atoms with van der Waals surface area (Å²) in [5.41, 5.74) is 2.67. The van der Waals surface area contributed by atoms with Gasteiger partial charge in [0.25, 0.3) is 0 Å². The van der Waals surface area contributed by atoms with Crippen molar-refractivity contribution in [3.8, 4) is 0 Å². The van der Waals surface area contributed by atoms with Crippen LogP contribution in [-0.2, 0) is 0 Å². The van der Waals surface area contributed by atoms with Gasteiger partial charge in [-0.1, -0.05) is 62.6 Å². The van der Waals surface area contributed by atoms with Crippen LogP contribution in [0.15, 0.2) is 23.7 Å². The van der Waals surface area contributed by atoms with Crippen LogP contribution in [-0.4, -0.2) is 12.3 Å². The molecule has 1 aromatic carbocycles. The molecule has 1 aromatic rings. The average Bonchev–Trinajstić information content (AvgIpc) is 2.27. The minimum Gasteiger partial charge on any atom is -0.0922 e. The highest BCUT2D eigenvalue weighted by atomic mass is 35.5. The zero-order valence-electron chi connectivity index (χ0n) is 9.30. The van der Waals surface area contributed by atoms with Crippen LogP contribution in [0.25, 0.3) is 5.31 Å². The molecule has 0 atom stereocenters. The van der Waals surface area contributed by atoms with E-state index >= 15 is 0 Å². The summed E-state index contributed by atoms with van der Waals surface area (Å²) in [6.45, 7) is 4.36. The highest BCUT2D eigenvalue weighted by Gasteiger charge is 2.14. The summed E-state index contributed by atoms with van der Waals surface area (Å²) in [6, 6.07) is 5.55. The summed E-state index contributed by atoms with van der Waals surface area (Å²) in [6.07, 6.45) is 2.23. The van der Waals surface area contributed by atoms with E-state index in [0.717, 1.165) is 23.2 Å². The van der Waals surface area contributed by atoms with Crippen molar-refractivity contribution >= 4 is 48.0 Å². The molecule has 1 rings (SSSR count). The third-order valence-corrected chi connectivity index (χ3v) is 5.91. The van der Waals surface area contributed by atoms with Gasteiger partial charge in [-0.3, -0.25) is 0 Å². The molecule has 0 amide bonds. The minimum absolute atomic E-state index is 0.220. The number of halogens is 3. The predicted octanol–water partition coefficient (Wildman–Crippen LogP) is 6.05. The maximum Gasteiger partial charge on any atom is 0.0499 e. The fourth-order valence-electron chi connectivity index (χ4n) is 1.56. The van der Waals surface area contributed by atoms with Crippen molar-refractivity contribution in [2.75, 3.05) is 12.3 Å². The molecule has 0 aliphatic heterocycles. The van der Waals surface area contributed by atoms with E-state index in [9.17, 15) is 0 Å². The van der Waals surface area contributed by atoms with Crippen LogP contribution < -0.4 is 0 Å². The van der Waals surface area contributed by atoms with Gasteiger partial charge in [0.05, 0.1) is 0 Å². The Hall–Kier alpha value is 0.260. The maximum absolute atomic E-state index is 6.19. The van der Waals surface area contributed by atoms with Gasteiger partial charge in [0.15, 0.2) is 0 Å². The lowest BCUT2D eigenvalue weighted by atomic mass is 10.2. The number of benzene rings is 1. The lowest BCUT2D eigenvalue weighted by Gasteiger charge is -2.18. The molecule has 0 fully saturated rings. The molecule has 4 heteroatoms. The van der Waals surface area contributed by atoms with Gasteiger partial charge in [0.2, 0.25) is 0 Å². The second-order valence-electron chi connectivity index (χ2n) is 3.29. The Labute approximate surface area is 113 Å². The molecule has 0 N–H and O–H groups in total. The molecule has 16 heavy (non-hydrogen) atoms. The third kappa shape index (κ3) is 3.37. The first kappa shape index (κ1) is 14.3. The van der Waals surface area contributed by atoms with Gasteiger partial charge in [-0.05, 0) is 29.8 Å². The molecule has 0 bridgehead atoms. The van der Waals surface area contributed by atoms with Crippen molar-refractivity contribution in [2.24, 2.45) is 0 Å². The first-order chi connectivity index (χ1) is 7.63. The van der Waals surface area contributed by atoms with Gasteiger partial charge >= 0.3 is 0 Å². The summed E-state index contributed by atoms with van der Waals surface area (Å²) in [5, 5.41) is 2.48. The Bertz CT molecular complexity index is 384.